The van der Waals surface area contributed by atoms with Crippen LogP contribution < -0.4 is 14.8 Å². The normalized spacial score (nSPS) is 16.4. The lowest BCUT2D eigenvalue weighted by atomic mass is 9.93. The van der Waals surface area contributed by atoms with E-state index >= 15 is 0 Å². The highest BCUT2D eigenvalue weighted by Gasteiger charge is 2.30. The van der Waals surface area contributed by atoms with Crippen LogP contribution in [0.4, 0.5) is 0 Å². The van der Waals surface area contributed by atoms with Crippen LogP contribution in [0.1, 0.15) is 32.8 Å². The summed E-state index contributed by atoms with van der Waals surface area (Å²) >= 11 is 0. The summed E-state index contributed by atoms with van der Waals surface area (Å²) in [4.78, 5) is 7.19. The Balaban J connectivity index is 0.00000312. The van der Waals surface area contributed by atoms with E-state index in [9.17, 15) is 0 Å². The SMILES string of the molecule is CCNC(=NCCc1cc(OC)ccc1OC)N1CCC(C)(C)C1.I. The number of ether oxygens (including phenoxy) is 2. The predicted octanol–water partition coefficient (Wildman–Crippen LogP) is 3.56. The number of methoxy groups -OCH3 is 2. The molecule has 1 aliphatic heterocycles. The lowest BCUT2D eigenvalue weighted by molar-refractivity contribution is 0.370. The van der Waals surface area contributed by atoms with Gasteiger partial charge in [-0.3, -0.25) is 4.99 Å². The van der Waals surface area contributed by atoms with Gasteiger partial charge in [0.1, 0.15) is 11.5 Å². The van der Waals surface area contributed by atoms with Gasteiger partial charge in [0.25, 0.3) is 0 Å². The molecule has 0 aromatic heterocycles. The summed E-state index contributed by atoms with van der Waals surface area (Å²) in [5.41, 5.74) is 1.49. The first-order valence-electron chi connectivity index (χ1n) is 8.73. The summed E-state index contributed by atoms with van der Waals surface area (Å²) in [6, 6.07) is 5.90. The van der Waals surface area contributed by atoms with Crippen LogP contribution in [0.25, 0.3) is 0 Å². The average molecular weight is 461 g/mol. The lowest BCUT2D eigenvalue weighted by Gasteiger charge is -2.23. The molecular formula is C19H32IN3O2. The zero-order chi connectivity index (χ0) is 17.6. The Morgan fingerprint density at radius 2 is 2.04 bits per heavy atom. The predicted molar refractivity (Wildman–Crippen MR) is 115 cm³/mol. The first-order valence-corrected chi connectivity index (χ1v) is 8.73. The first kappa shape index (κ1) is 21.9. The Kier molecular flexibility index (Phi) is 8.82. The molecule has 1 saturated heterocycles. The molecule has 2 rings (SSSR count). The van der Waals surface area contributed by atoms with Crippen molar-refractivity contribution in [2.75, 3.05) is 40.4 Å². The summed E-state index contributed by atoms with van der Waals surface area (Å²) in [5.74, 6) is 2.76. The van der Waals surface area contributed by atoms with Crippen molar-refractivity contribution in [3.63, 3.8) is 0 Å². The molecule has 1 N–H and O–H groups in total. The number of nitrogens with zero attached hydrogens (tertiary/aromatic N) is 2. The van der Waals surface area contributed by atoms with Crippen LogP contribution in [0, 0.1) is 5.41 Å². The van der Waals surface area contributed by atoms with Crippen LogP contribution >= 0.6 is 24.0 Å². The lowest BCUT2D eigenvalue weighted by Crippen LogP contribution is -2.40. The first-order chi connectivity index (χ1) is 11.5. The largest absolute Gasteiger partial charge is 0.497 e. The van der Waals surface area contributed by atoms with Crippen LogP contribution in [0.5, 0.6) is 11.5 Å². The Bertz CT molecular complexity index is 576. The fraction of sp³-hybridized carbons (Fsp3) is 0.632. The van der Waals surface area contributed by atoms with E-state index in [-0.39, 0.29) is 24.0 Å². The highest BCUT2D eigenvalue weighted by molar-refractivity contribution is 14.0. The zero-order valence-electron chi connectivity index (χ0n) is 16.1. The maximum atomic E-state index is 5.45. The number of benzene rings is 1. The van der Waals surface area contributed by atoms with Gasteiger partial charge in [-0.1, -0.05) is 13.8 Å². The number of nitrogens with one attached hydrogen (secondary N) is 1. The van der Waals surface area contributed by atoms with Gasteiger partial charge in [-0.25, -0.2) is 0 Å². The van der Waals surface area contributed by atoms with Crippen LogP contribution in [0.3, 0.4) is 0 Å². The second kappa shape index (κ2) is 10.1. The molecule has 0 amide bonds. The number of halogens is 1. The van der Waals surface area contributed by atoms with Gasteiger partial charge in [-0.2, -0.15) is 0 Å². The van der Waals surface area contributed by atoms with Crippen LogP contribution in [0.15, 0.2) is 23.2 Å². The van der Waals surface area contributed by atoms with E-state index in [4.69, 9.17) is 14.5 Å². The van der Waals surface area contributed by atoms with Gasteiger partial charge in [0.15, 0.2) is 5.96 Å². The maximum absolute atomic E-state index is 5.45. The molecular weight excluding hydrogens is 429 g/mol. The van der Waals surface area contributed by atoms with Crippen molar-refractivity contribution in [1.82, 2.24) is 10.2 Å². The zero-order valence-corrected chi connectivity index (χ0v) is 18.4. The fourth-order valence-corrected chi connectivity index (χ4v) is 3.08. The van der Waals surface area contributed by atoms with Gasteiger partial charge in [0.05, 0.1) is 14.2 Å². The molecule has 0 unspecified atom stereocenters. The fourth-order valence-electron chi connectivity index (χ4n) is 3.08. The molecule has 0 aliphatic carbocycles. The monoisotopic (exact) mass is 461 g/mol. The molecule has 1 aromatic rings. The van der Waals surface area contributed by atoms with E-state index in [2.05, 4.69) is 31.0 Å². The van der Waals surface area contributed by atoms with Crippen molar-refractivity contribution in [2.24, 2.45) is 10.4 Å². The van der Waals surface area contributed by atoms with Gasteiger partial charge in [-0.05, 0) is 48.9 Å². The Morgan fingerprint density at radius 1 is 1.28 bits per heavy atom. The van der Waals surface area contributed by atoms with Crippen LogP contribution in [0.2, 0.25) is 0 Å². The van der Waals surface area contributed by atoms with Crippen molar-refractivity contribution in [3.05, 3.63) is 23.8 Å². The molecule has 1 heterocycles. The Hall–Kier alpha value is -1.18. The molecule has 0 atom stereocenters. The van der Waals surface area contributed by atoms with E-state index in [1.54, 1.807) is 14.2 Å². The Labute approximate surface area is 169 Å². The van der Waals surface area contributed by atoms with Crippen LogP contribution in [-0.4, -0.2) is 51.3 Å². The summed E-state index contributed by atoms with van der Waals surface area (Å²) in [7, 11) is 3.38. The summed E-state index contributed by atoms with van der Waals surface area (Å²) in [5, 5.41) is 3.42. The summed E-state index contributed by atoms with van der Waals surface area (Å²) in [6.07, 6.45) is 2.04. The third kappa shape index (κ3) is 6.24. The number of likely N-dealkylation sites (tertiary alicyclic amines) is 1. The summed E-state index contributed by atoms with van der Waals surface area (Å²) in [6.45, 7) is 10.5. The molecule has 0 bridgehead atoms. The minimum atomic E-state index is 0. The third-order valence-electron chi connectivity index (χ3n) is 4.44. The molecule has 0 saturated carbocycles. The number of rotatable bonds is 6. The minimum absolute atomic E-state index is 0. The Morgan fingerprint density at radius 3 is 2.60 bits per heavy atom. The molecule has 5 nitrogen and oxygen atoms in total. The van der Waals surface area contributed by atoms with E-state index in [1.807, 2.05) is 18.2 Å². The van der Waals surface area contributed by atoms with Gasteiger partial charge < -0.3 is 19.7 Å². The van der Waals surface area contributed by atoms with Gasteiger partial charge in [-0.15, -0.1) is 24.0 Å². The van der Waals surface area contributed by atoms with Crippen LogP contribution in [-0.2, 0) is 6.42 Å². The van der Waals surface area contributed by atoms with Crippen molar-refractivity contribution in [3.8, 4) is 11.5 Å². The van der Waals surface area contributed by atoms with Crippen molar-refractivity contribution in [1.29, 1.82) is 0 Å². The molecule has 6 heteroatoms. The smallest absolute Gasteiger partial charge is 0.193 e. The van der Waals surface area contributed by atoms with E-state index in [1.165, 1.54) is 6.42 Å². The highest BCUT2D eigenvalue weighted by atomic mass is 127. The number of guanidine groups is 1. The second-order valence-corrected chi connectivity index (χ2v) is 7.00. The molecule has 0 spiro atoms. The third-order valence-corrected chi connectivity index (χ3v) is 4.44. The molecule has 0 radical (unpaired) electrons. The van der Waals surface area contributed by atoms with Gasteiger partial charge >= 0.3 is 0 Å². The number of aliphatic imine (C=N–C) groups is 1. The van der Waals surface area contributed by atoms with E-state index in [0.29, 0.717) is 5.41 Å². The van der Waals surface area contributed by atoms with E-state index in [0.717, 1.165) is 55.6 Å². The minimum Gasteiger partial charge on any atom is -0.497 e. The molecule has 25 heavy (non-hydrogen) atoms. The van der Waals surface area contributed by atoms with Crippen molar-refractivity contribution >= 4 is 29.9 Å². The standard InChI is InChI=1S/C19H31N3O2.HI/c1-6-20-18(22-12-10-19(2,3)14-22)21-11-9-15-13-16(23-4)7-8-17(15)24-5;/h7-8,13H,6,9-12,14H2,1-5H3,(H,20,21);1H. The molecule has 1 fully saturated rings. The highest BCUT2D eigenvalue weighted by Crippen LogP contribution is 2.29. The van der Waals surface area contributed by atoms with Gasteiger partial charge in [0, 0.05) is 26.2 Å². The maximum Gasteiger partial charge on any atom is 0.193 e. The quantitative estimate of drug-likeness (QED) is 0.400. The molecule has 1 aromatic carbocycles. The van der Waals surface area contributed by atoms with E-state index < -0.39 is 0 Å². The number of hydrogen-bond acceptors (Lipinski definition) is 3. The van der Waals surface area contributed by atoms with Gasteiger partial charge in [0.2, 0.25) is 0 Å². The topological polar surface area (TPSA) is 46.1 Å². The number of hydrogen-bond donors (Lipinski definition) is 1. The van der Waals surface area contributed by atoms with Crippen molar-refractivity contribution < 1.29 is 9.47 Å². The molecule has 142 valence electrons. The average Bonchev–Trinajstić information content (AvgIpc) is 2.93. The second-order valence-electron chi connectivity index (χ2n) is 7.00. The van der Waals surface area contributed by atoms with Crippen molar-refractivity contribution in [2.45, 2.75) is 33.6 Å². The molecule has 1 aliphatic rings. The summed E-state index contributed by atoms with van der Waals surface area (Å²) < 4.78 is 10.8.